The molecule has 0 saturated heterocycles. The van der Waals surface area contributed by atoms with Crippen LogP contribution in [-0.4, -0.2) is 34.3 Å². The number of hydrogen-bond donors (Lipinski definition) is 2. The topological polar surface area (TPSA) is 135 Å². The Hall–Kier alpha value is -4.72. The van der Waals surface area contributed by atoms with Gasteiger partial charge < -0.3 is 10.1 Å². The Morgan fingerprint density at radius 1 is 0.814 bits per heavy atom. The minimum atomic E-state index is -4.14. The molecular formula is C30H26N4O6S3. The molecular weight excluding hydrogens is 609 g/mol. The molecule has 0 aliphatic carbocycles. The van der Waals surface area contributed by atoms with Crippen LogP contribution in [0.2, 0.25) is 0 Å². The van der Waals surface area contributed by atoms with Crippen LogP contribution in [0.25, 0.3) is 0 Å². The number of carbonyl (C=O) groups is 1. The minimum Gasteiger partial charge on any atom is -0.457 e. The summed E-state index contributed by atoms with van der Waals surface area (Å²) < 4.78 is 61.9. The van der Waals surface area contributed by atoms with E-state index in [0.29, 0.717) is 11.5 Å². The van der Waals surface area contributed by atoms with E-state index in [1.807, 2.05) is 25.1 Å². The third-order valence-electron chi connectivity index (χ3n) is 6.10. The van der Waals surface area contributed by atoms with E-state index in [1.165, 1.54) is 42.6 Å². The summed E-state index contributed by atoms with van der Waals surface area (Å²) in [4.78, 5) is 17.1. The highest BCUT2D eigenvalue weighted by Crippen LogP contribution is 2.28. The van der Waals surface area contributed by atoms with Crippen LogP contribution >= 0.6 is 11.3 Å². The Bertz CT molecular complexity index is 1900. The van der Waals surface area contributed by atoms with E-state index in [1.54, 1.807) is 53.9 Å². The highest BCUT2D eigenvalue weighted by Gasteiger charge is 2.27. The summed E-state index contributed by atoms with van der Waals surface area (Å²) in [7, 11) is -8.01. The van der Waals surface area contributed by atoms with E-state index >= 15 is 0 Å². The van der Waals surface area contributed by atoms with Gasteiger partial charge in [0.25, 0.3) is 20.0 Å². The zero-order valence-electron chi connectivity index (χ0n) is 22.7. The van der Waals surface area contributed by atoms with Crippen LogP contribution in [0.3, 0.4) is 0 Å². The number of nitrogens with zero attached hydrogens (tertiary/aromatic N) is 2. The fourth-order valence-electron chi connectivity index (χ4n) is 3.95. The van der Waals surface area contributed by atoms with Gasteiger partial charge in [-0.25, -0.2) is 21.8 Å². The maximum Gasteiger partial charge on any atom is 0.264 e. The quantitative estimate of drug-likeness (QED) is 0.185. The van der Waals surface area contributed by atoms with Gasteiger partial charge in [0, 0.05) is 17.3 Å². The molecule has 0 atom stereocenters. The predicted octanol–water partition coefficient (Wildman–Crippen LogP) is 5.88. The van der Waals surface area contributed by atoms with Crippen molar-refractivity contribution in [2.45, 2.75) is 16.7 Å². The van der Waals surface area contributed by atoms with E-state index in [2.05, 4.69) is 15.0 Å². The van der Waals surface area contributed by atoms with Gasteiger partial charge in [0.2, 0.25) is 5.91 Å². The first-order chi connectivity index (χ1) is 20.6. The molecule has 0 saturated carbocycles. The number of ether oxygens (including phenoxy) is 1. The number of thiazole rings is 1. The second kappa shape index (κ2) is 12.7. The van der Waals surface area contributed by atoms with Crippen LogP contribution in [-0.2, 0) is 24.8 Å². The van der Waals surface area contributed by atoms with E-state index in [0.717, 1.165) is 21.2 Å². The van der Waals surface area contributed by atoms with Crippen molar-refractivity contribution < 1.29 is 26.4 Å². The van der Waals surface area contributed by atoms with E-state index in [4.69, 9.17) is 4.74 Å². The average Bonchev–Trinajstić information content (AvgIpc) is 3.50. The normalized spacial score (nSPS) is 11.5. The lowest BCUT2D eigenvalue weighted by Crippen LogP contribution is -2.38. The average molecular weight is 635 g/mol. The van der Waals surface area contributed by atoms with Gasteiger partial charge >= 0.3 is 0 Å². The number of carbonyl (C=O) groups excluding carboxylic acids is 1. The number of para-hydroxylation sites is 1. The second-order valence-corrected chi connectivity index (χ2v) is 13.7. The molecule has 1 aromatic heterocycles. The van der Waals surface area contributed by atoms with Crippen LogP contribution in [0.5, 0.6) is 11.5 Å². The summed E-state index contributed by atoms with van der Waals surface area (Å²) in [5.74, 6) is 0.486. The van der Waals surface area contributed by atoms with Crippen molar-refractivity contribution in [2.75, 3.05) is 20.9 Å². The zero-order valence-corrected chi connectivity index (χ0v) is 25.2. The van der Waals surface area contributed by atoms with Gasteiger partial charge in [0.15, 0.2) is 5.13 Å². The van der Waals surface area contributed by atoms with E-state index in [9.17, 15) is 21.6 Å². The number of aryl methyl sites for hydroxylation is 1. The first-order valence-corrected chi connectivity index (χ1v) is 16.7. The first-order valence-electron chi connectivity index (χ1n) is 12.8. The van der Waals surface area contributed by atoms with Crippen LogP contribution < -0.4 is 19.1 Å². The van der Waals surface area contributed by atoms with Crippen LogP contribution in [0.4, 0.5) is 16.5 Å². The molecule has 4 aromatic carbocycles. The molecule has 0 unspecified atom stereocenters. The number of nitrogens with one attached hydrogen (secondary N) is 2. The van der Waals surface area contributed by atoms with Crippen LogP contribution in [0.15, 0.2) is 124 Å². The summed E-state index contributed by atoms with van der Waals surface area (Å²) >= 11 is 1.14. The smallest absolute Gasteiger partial charge is 0.264 e. The van der Waals surface area contributed by atoms with Crippen molar-refractivity contribution in [3.8, 4) is 11.5 Å². The number of rotatable bonds is 11. The number of benzene rings is 4. The molecule has 0 fully saturated rings. The maximum absolute atomic E-state index is 13.7. The Morgan fingerprint density at radius 2 is 1.44 bits per heavy atom. The molecule has 1 amide bonds. The van der Waals surface area contributed by atoms with Gasteiger partial charge in [-0.15, -0.1) is 11.3 Å². The van der Waals surface area contributed by atoms with Gasteiger partial charge in [0.05, 0.1) is 15.5 Å². The van der Waals surface area contributed by atoms with Crippen molar-refractivity contribution >= 4 is 53.8 Å². The van der Waals surface area contributed by atoms with Gasteiger partial charge in [-0.3, -0.25) is 13.8 Å². The number of hydrogen-bond acceptors (Lipinski definition) is 8. The van der Waals surface area contributed by atoms with Crippen molar-refractivity contribution in [1.29, 1.82) is 0 Å². The largest absolute Gasteiger partial charge is 0.457 e. The molecule has 1 heterocycles. The standard InChI is InChI=1S/C30H26N4O6S3/c1-22-7-15-28(16-8-22)43(38,39)34(24-11-13-26(14-12-24)40-25-5-3-2-4-6-25)21-29(35)32-23-9-17-27(18-10-23)42(36,37)33-30-31-19-20-41-30/h2-20H,21H2,1H3,(H,31,33)(H,32,35). The Morgan fingerprint density at radius 3 is 2.07 bits per heavy atom. The highest BCUT2D eigenvalue weighted by atomic mass is 32.2. The second-order valence-electron chi connectivity index (χ2n) is 9.25. The molecule has 5 rings (SSSR count). The summed E-state index contributed by atoms with van der Waals surface area (Å²) in [6, 6.07) is 27.3. The lowest BCUT2D eigenvalue weighted by atomic mass is 10.2. The minimum absolute atomic E-state index is 0.0257. The molecule has 0 radical (unpaired) electrons. The van der Waals surface area contributed by atoms with Crippen LogP contribution in [0, 0.1) is 6.92 Å². The molecule has 10 nitrogen and oxygen atoms in total. The van der Waals surface area contributed by atoms with Crippen LogP contribution in [0.1, 0.15) is 5.56 Å². The Kier molecular flexibility index (Phi) is 8.76. The van der Waals surface area contributed by atoms with Crippen molar-refractivity contribution in [3.63, 3.8) is 0 Å². The van der Waals surface area contributed by atoms with Gasteiger partial charge in [0.1, 0.15) is 18.0 Å². The van der Waals surface area contributed by atoms with Crippen molar-refractivity contribution in [1.82, 2.24) is 4.98 Å². The van der Waals surface area contributed by atoms with Gasteiger partial charge in [-0.05, 0) is 79.7 Å². The van der Waals surface area contributed by atoms with E-state index in [-0.39, 0.29) is 26.3 Å². The predicted molar refractivity (Wildman–Crippen MR) is 167 cm³/mol. The first kappa shape index (κ1) is 29.8. The summed E-state index contributed by atoms with van der Waals surface area (Å²) in [5, 5.41) is 4.52. The number of anilines is 3. The molecule has 0 aliphatic heterocycles. The lowest BCUT2D eigenvalue weighted by molar-refractivity contribution is -0.114. The molecule has 5 aromatic rings. The zero-order chi connectivity index (χ0) is 30.5. The van der Waals surface area contributed by atoms with Crippen molar-refractivity contribution in [3.05, 3.63) is 120 Å². The fraction of sp³-hybridized carbons (Fsp3) is 0.0667. The molecule has 2 N–H and O–H groups in total. The Labute approximate surface area is 253 Å². The summed E-state index contributed by atoms with van der Waals surface area (Å²) in [5.41, 5.74) is 1.43. The highest BCUT2D eigenvalue weighted by molar-refractivity contribution is 7.93. The molecule has 0 bridgehead atoms. The van der Waals surface area contributed by atoms with E-state index < -0.39 is 32.5 Å². The van der Waals surface area contributed by atoms with Gasteiger partial charge in [-0.2, -0.15) is 0 Å². The monoisotopic (exact) mass is 634 g/mol. The van der Waals surface area contributed by atoms with Crippen molar-refractivity contribution in [2.24, 2.45) is 0 Å². The van der Waals surface area contributed by atoms with Gasteiger partial charge in [-0.1, -0.05) is 35.9 Å². The molecule has 220 valence electrons. The molecule has 0 aliphatic rings. The SMILES string of the molecule is Cc1ccc(S(=O)(=O)N(CC(=O)Nc2ccc(S(=O)(=O)Nc3nccs3)cc2)c2ccc(Oc3ccccc3)cc2)cc1. The molecule has 13 heteroatoms. The third kappa shape index (κ3) is 7.38. The number of sulfonamides is 2. The number of amides is 1. The third-order valence-corrected chi connectivity index (χ3v) is 10.1. The maximum atomic E-state index is 13.7. The lowest BCUT2D eigenvalue weighted by Gasteiger charge is -2.24. The summed E-state index contributed by atoms with van der Waals surface area (Å²) in [6.07, 6.45) is 1.48. The summed E-state index contributed by atoms with van der Waals surface area (Å²) in [6.45, 7) is 1.31. The Balaban J connectivity index is 1.35. The fourth-order valence-corrected chi connectivity index (χ4v) is 7.16. The molecule has 43 heavy (non-hydrogen) atoms. The number of aromatic nitrogens is 1. The molecule has 0 spiro atoms.